The Bertz CT molecular complexity index is 942. The van der Waals surface area contributed by atoms with Crippen LogP contribution in [-0.4, -0.2) is 28.2 Å². The number of oxime groups is 1. The summed E-state index contributed by atoms with van der Waals surface area (Å²) in [5.74, 6) is 0.354. The lowest BCUT2D eigenvalue weighted by Gasteiger charge is -2.21. The molecule has 0 unspecified atom stereocenters. The first-order chi connectivity index (χ1) is 13.1. The molecule has 0 saturated carbocycles. The van der Waals surface area contributed by atoms with E-state index in [1.54, 1.807) is 12.3 Å². The summed E-state index contributed by atoms with van der Waals surface area (Å²) in [5, 5.41) is 21.1. The summed E-state index contributed by atoms with van der Waals surface area (Å²) in [6.45, 7) is 2.09. The van der Waals surface area contributed by atoms with E-state index in [4.69, 9.17) is 4.74 Å². The van der Waals surface area contributed by atoms with Crippen LogP contribution in [0.4, 0.5) is 0 Å². The molecule has 0 bridgehead atoms. The van der Waals surface area contributed by atoms with E-state index in [0.29, 0.717) is 23.6 Å². The summed E-state index contributed by atoms with van der Waals surface area (Å²) >= 11 is 3.49. The number of benzene rings is 2. The molecule has 138 valence electrons. The molecule has 0 fully saturated rings. The highest BCUT2D eigenvalue weighted by molar-refractivity contribution is 9.10. The van der Waals surface area contributed by atoms with E-state index in [-0.39, 0.29) is 5.92 Å². The summed E-state index contributed by atoms with van der Waals surface area (Å²) in [7, 11) is 1.52. The van der Waals surface area contributed by atoms with Gasteiger partial charge in [0.25, 0.3) is 0 Å². The SMILES string of the molecule is COc1nnccc1/C(C[C@@H](c1ccc(Br)cc1)c1ccccc1C)=N\O. The van der Waals surface area contributed by atoms with Gasteiger partial charge in [0.05, 0.1) is 24.6 Å². The van der Waals surface area contributed by atoms with E-state index in [1.165, 1.54) is 18.2 Å². The van der Waals surface area contributed by atoms with Crippen LogP contribution in [0.1, 0.15) is 34.6 Å². The molecule has 0 aliphatic carbocycles. The van der Waals surface area contributed by atoms with Crippen molar-refractivity contribution in [2.24, 2.45) is 5.16 Å². The van der Waals surface area contributed by atoms with E-state index in [1.807, 2.05) is 24.3 Å². The maximum Gasteiger partial charge on any atom is 0.242 e. The van der Waals surface area contributed by atoms with Gasteiger partial charge in [-0.15, -0.1) is 5.10 Å². The number of methoxy groups -OCH3 is 1. The normalized spacial score (nSPS) is 12.6. The first-order valence-corrected chi connectivity index (χ1v) is 9.31. The van der Waals surface area contributed by atoms with Crippen LogP contribution in [0.3, 0.4) is 0 Å². The highest BCUT2D eigenvalue weighted by Gasteiger charge is 2.22. The van der Waals surface area contributed by atoms with Gasteiger partial charge >= 0.3 is 0 Å². The number of aryl methyl sites for hydroxylation is 1. The smallest absolute Gasteiger partial charge is 0.242 e. The zero-order chi connectivity index (χ0) is 19.2. The topological polar surface area (TPSA) is 67.6 Å². The van der Waals surface area contributed by atoms with Crippen molar-refractivity contribution in [3.63, 3.8) is 0 Å². The molecule has 3 rings (SSSR count). The Morgan fingerprint density at radius 3 is 2.56 bits per heavy atom. The molecule has 1 atom stereocenters. The highest BCUT2D eigenvalue weighted by atomic mass is 79.9. The maximum absolute atomic E-state index is 9.73. The van der Waals surface area contributed by atoms with Gasteiger partial charge in [0.1, 0.15) is 0 Å². The third-order valence-corrected chi connectivity index (χ3v) is 5.07. The fraction of sp³-hybridized carbons (Fsp3) is 0.190. The van der Waals surface area contributed by atoms with Crippen LogP contribution in [0.5, 0.6) is 5.88 Å². The first-order valence-electron chi connectivity index (χ1n) is 8.52. The molecule has 27 heavy (non-hydrogen) atoms. The summed E-state index contributed by atoms with van der Waals surface area (Å²) in [6, 6.07) is 18.2. The number of nitrogens with zero attached hydrogens (tertiary/aromatic N) is 3. The summed E-state index contributed by atoms with van der Waals surface area (Å²) in [4.78, 5) is 0. The standard InChI is InChI=1S/C21H20BrN3O2/c1-14-5-3-4-6-17(14)19(15-7-9-16(22)10-8-15)13-20(25-26)18-11-12-23-24-21(18)27-2/h3-12,19,26H,13H2,1-2H3/b25-20-/t19-/m0/s1. The van der Waals surface area contributed by atoms with Gasteiger partial charge in [0.2, 0.25) is 5.88 Å². The Balaban J connectivity index is 2.05. The molecule has 2 aromatic carbocycles. The second-order valence-corrected chi connectivity index (χ2v) is 7.08. The maximum atomic E-state index is 9.73. The third-order valence-electron chi connectivity index (χ3n) is 4.55. The lowest BCUT2D eigenvalue weighted by atomic mass is 9.83. The molecule has 5 nitrogen and oxygen atoms in total. The number of ether oxygens (including phenoxy) is 1. The Morgan fingerprint density at radius 2 is 1.89 bits per heavy atom. The molecular formula is C21H20BrN3O2. The fourth-order valence-corrected chi connectivity index (χ4v) is 3.43. The number of rotatable bonds is 6. The fourth-order valence-electron chi connectivity index (χ4n) is 3.17. The van der Waals surface area contributed by atoms with E-state index in [9.17, 15) is 5.21 Å². The van der Waals surface area contributed by atoms with Gasteiger partial charge < -0.3 is 9.94 Å². The van der Waals surface area contributed by atoms with Crippen LogP contribution in [0.15, 0.2) is 70.4 Å². The van der Waals surface area contributed by atoms with E-state index >= 15 is 0 Å². The van der Waals surface area contributed by atoms with E-state index < -0.39 is 0 Å². The monoisotopic (exact) mass is 425 g/mol. The Hall–Kier alpha value is -2.73. The zero-order valence-corrected chi connectivity index (χ0v) is 16.7. The largest absolute Gasteiger partial charge is 0.479 e. The molecule has 0 radical (unpaired) electrons. The highest BCUT2D eigenvalue weighted by Crippen LogP contribution is 2.33. The zero-order valence-electron chi connectivity index (χ0n) is 15.1. The van der Waals surface area contributed by atoms with Crippen molar-refractivity contribution in [2.45, 2.75) is 19.3 Å². The number of hydrogen-bond donors (Lipinski definition) is 1. The molecule has 6 heteroatoms. The van der Waals surface area contributed by atoms with Crippen molar-refractivity contribution in [1.82, 2.24) is 10.2 Å². The van der Waals surface area contributed by atoms with Crippen molar-refractivity contribution >= 4 is 21.6 Å². The third kappa shape index (κ3) is 4.34. The van der Waals surface area contributed by atoms with Crippen LogP contribution >= 0.6 is 15.9 Å². The van der Waals surface area contributed by atoms with Crippen molar-refractivity contribution in [1.29, 1.82) is 0 Å². The lowest BCUT2D eigenvalue weighted by molar-refractivity contribution is 0.317. The van der Waals surface area contributed by atoms with Crippen LogP contribution in [0.25, 0.3) is 0 Å². The van der Waals surface area contributed by atoms with E-state index in [0.717, 1.165) is 10.0 Å². The van der Waals surface area contributed by atoms with Crippen molar-refractivity contribution in [3.8, 4) is 5.88 Å². The second kappa shape index (κ2) is 8.77. The molecular weight excluding hydrogens is 406 g/mol. The van der Waals surface area contributed by atoms with Gasteiger partial charge in [-0.3, -0.25) is 0 Å². The Labute approximate surface area is 166 Å². The van der Waals surface area contributed by atoms with Crippen LogP contribution in [-0.2, 0) is 0 Å². The lowest BCUT2D eigenvalue weighted by Crippen LogP contribution is -2.13. The molecule has 0 aliphatic heterocycles. The average Bonchev–Trinajstić information content (AvgIpc) is 2.71. The number of hydrogen-bond acceptors (Lipinski definition) is 5. The molecule has 1 heterocycles. The number of halogens is 1. The molecule has 0 saturated heterocycles. The predicted octanol–water partition coefficient (Wildman–Crippen LogP) is 4.96. The molecule has 3 aromatic rings. The second-order valence-electron chi connectivity index (χ2n) is 6.17. The van der Waals surface area contributed by atoms with E-state index in [2.05, 4.69) is 62.5 Å². The van der Waals surface area contributed by atoms with Crippen LogP contribution < -0.4 is 4.74 Å². The average molecular weight is 426 g/mol. The molecule has 0 aliphatic rings. The quantitative estimate of drug-likeness (QED) is 0.344. The van der Waals surface area contributed by atoms with Crippen molar-refractivity contribution < 1.29 is 9.94 Å². The minimum atomic E-state index is 0.0167. The predicted molar refractivity (Wildman–Crippen MR) is 109 cm³/mol. The van der Waals surface area contributed by atoms with Gasteiger partial charge in [0, 0.05) is 16.8 Å². The van der Waals surface area contributed by atoms with Crippen molar-refractivity contribution in [3.05, 3.63) is 87.5 Å². The number of aromatic nitrogens is 2. The minimum absolute atomic E-state index is 0.0167. The summed E-state index contributed by atoms with van der Waals surface area (Å²) in [5.41, 5.74) is 4.63. The minimum Gasteiger partial charge on any atom is -0.479 e. The Kier molecular flexibility index (Phi) is 6.19. The van der Waals surface area contributed by atoms with Gasteiger partial charge in [-0.2, -0.15) is 5.10 Å². The van der Waals surface area contributed by atoms with Crippen LogP contribution in [0.2, 0.25) is 0 Å². The van der Waals surface area contributed by atoms with Crippen LogP contribution in [0, 0.1) is 6.92 Å². The van der Waals surface area contributed by atoms with Gasteiger partial charge in [0.15, 0.2) is 0 Å². The molecule has 0 amide bonds. The summed E-state index contributed by atoms with van der Waals surface area (Å²) in [6.07, 6.45) is 2.05. The van der Waals surface area contributed by atoms with Gasteiger partial charge in [-0.25, -0.2) is 0 Å². The first kappa shape index (κ1) is 19.0. The molecule has 0 spiro atoms. The van der Waals surface area contributed by atoms with Gasteiger partial charge in [-0.1, -0.05) is 57.5 Å². The Morgan fingerprint density at radius 1 is 1.15 bits per heavy atom. The molecule has 1 N–H and O–H groups in total. The van der Waals surface area contributed by atoms with Crippen molar-refractivity contribution in [2.75, 3.05) is 7.11 Å². The van der Waals surface area contributed by atoms with Gasteiger partial charge in [-0.05, 0) is 41.8 Å². The molecule has 1 aromatic heterocycles. The summed E-state index contributed by atoms with van der Waals surface area (Å²) < 4.78 is 6.31.